The highest BCUT2D eigenvalue weighted by atomic mass is 16.3. The summed E-state index contributed by atoms with van der Waals surface area (Å²) in [5.74, 6) is 0.481. The van der Waals surface area contributed by atoms with Crippen molar-refractivity contribution in [2.45, 2.75) is 53.0 Å². The first-order valence-corrected chi connectivity index (χ1v) is 9.58. The topological polar surface area (TPSA) is 71.2 Å². The molecule has 0 radical (unpaired) electrons. The van der Waals surface area contributed by atoms with E-state index in [0.717, 1.165) is 37.0 Å². The van der Waals surface area contributed by atoms with Gasteiger partial charge in [-0.15, -0.1) is 0 Å². The molecular formula is C20H30N4O2. The molecule has 2 aromatic rings. The predicted molar refractivity (Wildman–Crippen MR) is 102 cm³/mol. The van der Waals surface area contributed by atoms with E-state index < -0.39 is 0 Å². The molecule has 3 rings (SSSR count). The minimum absolute atomic E-state index is 0.0141. The average Bonchev–Trinajstić information content (AvgIpc) is 3.04. The van der Waals surface area contributed by atoms with Crippen molar-refractivity contribution in [2.75, 3.05) is 19.7 Å². The molecule has 1 amide bonds. The van der Waals surface area contributed by atoms with Crippen molar-refractivity contribution >= 4 is 17.1 Å². The van der Waals surface area contributed by atoms with Crippen molar-refractivity contribution in [3.8, 4) is 0 Å². The van der Waals surface area contributed by atoms with Gasteiger partial charge in [-0.25, -0.2) is 9.97 Å². The standard InChI is InChI=1S/C20H30N4O2/c1-14(2)9-20(12-25)6-5-7-23(11-20)19(26)16-8-17-18(21-10-16)24(13-22-17)15(3)4/h8,10,13-15,25H,5-7,9,11-12H2,1-4H3. The zero-order chi connectivity index (χ0) is 18.9. The minimum Gasteiger partial charge on any atom is -0.396 e. The quantitative estimate of drug-likeness (QED) is 0.890. The van der Waals surface area contributed by atoms with Gasteiger partial charge >= 0.3 is 0 Å². The summed E-state index contributed by atoms with van der Waals surface area (Å²) in [6.07, 6.45) is 6.27. The molecule has 0 spiro atoms. The molecule has 0 bridgehead atoms. The Hall–Kier alpha value is -1.95. The van der Waals surface area contributed by atoms with E-state index in [-0.39, 0.29) is 24.0 Å². The number of hydrogen-bond donors (Lipinski definition) is 1. The number of aliphatic hydroxyl groups is 1. The second kappa shape index (κ2) is 7.35. The number of rotatable bonds is 5. The number of imidazole rings is 1. The zero-order valence-corrected chi connectivity index (χ0v) is 16.3. The molecule has 1 atom stereocenters. The first-order chi connectivity index (χ1) is 12.3. The number of amides is 1. The Morgan fingerprint density at radius 3 is 2.73 bits per heavy atom. The molecule has 1 aliphatic heterocycles. The van der Waals surface area contributed by atoms with Gasteiger partial charge in [-0.05, 0) is 45.1 Å². The fourth-order valence-corrected chi connectivity index (χ4v) is 4.20. The van der Waals surface area contributed by atoms with Gasteiger partial charge in [0.25, 0.3) is 5.91 Å². The highest BCUT2D eigenvalue weighted by Gasteiger charge is 2.37. The molecule has 3 heterocycles. The maximum atomic E-state index is 13.0. The summed E-state index contributed by atoms with van der Waals surface area (Å²) < 4.78 is 2.00. The Bertz CT molecular complexity index is 783. The van der Waals surface area contributed by atoms with E-state index in [4.69, 9.17) is 0 Å². The Balaban J connectivity index is 1.83. The van der Waals surface area contributed by atoms with Crippen molar-refractivity contribution in [2.24, 2.45) is 11.3 Å². The van der Waals surface area contributed by atoms with Crippen LogP contribution in [-0.2, 0) is 0 Å². The van der Waals surface area contributed by atoms with Gasteiger partial charge in [-0.1, -0.05) is 13.8 Å². The smallest absolute Gasteiger partial charge is 0.255 e. The summed E-state index contributed by atoms with van der Waals surface area (Å²) in [5, 5.41) is 9.99. The number of hydrogen-bond acceptors (Lipinski definition) is 4. The molecule has 26 heavy (non-hydrogen) atoms. The Labute approximate surface area is 155 Å². The van der Waals surface area contributed by atoms with Crippen LogP contribution in [0.25, 0.3) is 11.2 Å². The van der Waals surface area contributed by atoms with Crippen LogP contribution in [0.2, 0.25) is 0 Å². The molecule has 0 saturated carbocycles. The summed E-state index contributed by atoms with van der Waals surface area (Å²) in [7, 11) is 0. The Morgan fingerprint density at radius 2 is 2.08 bits per heavy atom. The molecule has 1 saturated heterocycles. The number of carbonyl (C=O) groups excluding carboxylic acids is 1. The molecule has 0 aromatic carbocycles. The van der Waals surface area contributed by atoms with E-state index in [1.165, 1.54) is 0 Å². The van der Waals surface area contributed by atoms with Crippen molar-refractivity contribution in [3.63, 3.8) is 0 Å². The molecular weight excluding hydrogens is 328 g/mol. The summed E-state index contributed by atoms with van der Waals surface area (Å²) in [5.41, 5.74) is 1.94. The lowest BCUT2D eigenvalue weighted by Crippen LogP contribution is -2.48. The van der Waals surface area contributed by atoms with E-state index in [1.54, 1.807) is 12.5 Å². The van der Waals surface area contributed by atoms with Crippen LogP contribution in [0.5, 0.6) is 0 Å². The molecule has 6 nitrogen and oxygen atoms in total. The van der Waals surface area contributed by atoms with E-state index in [0.29, 0.717) is 18.0 Å². The highest BCUT2D eigenvalue weighted by Crippen LogP contribution is 2.36. The van der Waals surface area contributed by atoms with Gasteiger partial charge in [0.05, 0.1) is 18.5 Å². The van der Waals surface area contributed by atoms with Crippen LogP contribution in [0.15, 0.2) is 18.6 Å². The summed E-state index contributed by atoms with van der Waals surface area (Å²) >= 11 is 0. The average molecular weight is 358 g/mol. The first kappa shape index (κ1) is 18.8. The number of carbonyl (C=O) groups is 1. The number of nitrogens with zero attached hydrogens (tertiary/aromatic N) is 4. The molecule has 142 valence electrons. The third-order valence-corrected chi connectivity index (χ3v) is 5.34. The molecule has 6 heteroatoms. The summed E-state index contributed by atoms with van der Waals surface area (Å²) in [6.45, 7) is 9.97. The van der Waals surface area contributed by atoms with Crippen molar-refractivity contribution in [1.82, 2.24) is 19.4 Å². The van der Waals surface area contributed by atoms with Crippen LogP contribution in [0.1, 0.15) is 63.4 Å². The molecule has 1 unspecified atom stereocenters. The van der Waals surface area contributed by atoms with Crippen LogP contribution < -0.4 is 0 Å². The molecule has 2 aromatic heterocycles. The molecule has 1 N–H and O–H groups in total. The maximum Gasteiger partial charge on any atom is 0.255 e. The third kappa shape index (κ3) is 3.61. The van der Waals surface area contributed by atoms with Gasteiger partial charge in [-0.3, -0.25) is 4.79 Å². The largest absolute Gasteiger partial charge is 0.396 e. The molecule has 1 aliphatic rings. The monoisotopic (exact) mass is 358 g/mol. The minimum atomic E-state index is -0.182. The Morgan fingerprint density at radius 1 is 1.31 bits per heavy atom. The summed E-state index contributed by atoms with van der Waals surface area (Å²) in [6, 6.07) is 2.11. The lowest BCUT2D eigenvalue weighted by atomic mass is 9.74. The first-order valence-electron chi connectivity index (χ1n) is 9.58. The third-order valence-electron chi connectivity index (χ3n) is 5.34. The fourth-order valence-electron chi connectivity index (χ4n) is 4.20. The number of aromatic nitrogens is 3. The van der Waals surface area contributed by atoms with E-state index in [1.807, 2.05) is 15.5 Å². The maximum absolute atomic E-state index is 13.0. The zero-order valence-electron chi connectivity index (χ0n) is 16.3. The number of fused-ring (bicyclic) bond motifs is 1. The second-order valence-corrected chi connectivity index (χ2v) is 8.40. The van der Waals surface area contributed by atoms with Crippen molar-refractivity contribution in [3.05, 3.63) is 24.2 Å². The van der Waals surface area contributed by atoms with Crippen LogP contribution in [0, 0.1) is 11.3 Å². The van der Waals surface area contributed by atoms with Gasteiger partial charge in [0.2, 0.25) is 0 Å². The summed E-state index contributed by atoms with van der Waals surface area (Å²) in [4.78, 5) is 23.8. The number of piperidine rings is 1. The van der Waals surface area contributed by atoms with E-state index in [2.05, 4.69) is 37.7 Å². The van der Waals surface area contributed by atoms with Crippen molar-refractivity contribution in [1.29, 1.82) is 0 Å². The fraction of sp³-hybridized carbons (Fsp3) is 0.650. The van der Waals surface area contributed by atoms with Crippen molar-refractivity contribution < 1.29 is 9.90 Å². The SMILES string of the molecule is CC(C)CC1(CO)CCCN(C(=O)c2cnc3c(c2)ncn3C(C)C)C1. The van der Waals surface area contributed by atoms with Gasteiger partial charge < -0.3 is 14.6 Å². The predicted octanol–water partition coefficient (Wildman–Crippen LogP) is 3.27. The number of likely N-dealkylation sites (tertiary alicyclic amines) is 1. The van der Waals surface area contributed by atoms with Crippen LogP contribution in [-0.4, -0.2) is 50.1 Å². The lowest BCUT2D eigenvalue weighted by Gasteiger charge is -2.42. The van der Waals surface area contributed by atoms with Gasteiger partial charge in [0.1, 0.15) is 5.52 Å². The van der Waals surface area contributed by atoms with Crippen LogP contribution in [0.4, 0.5) is 0 Å². The van der Waals surface area contributed by atoms with Crippen LogP contribution >= 0.6 is 0 Å². The normalized spacial score (nSPS) is 21.1. The second-order valence-electron chi connectivity index (χ2n) is 8.40. The Kier molecular flexibility index (Phi) is 5.32. The van der Waals surface area contributed by atoms with E-state index >= 15 is 0 Å². The lowest BCUT2D eigenvalue weighted by molar-refractivity contribution is 0.0160. The van der Waals surface area contributed by atoms with Gasteiger partial charge in [0, 0.05) is 30.7 Å². The molecule has 1 fully saturated rings. The highest BCUT2D eigenvalue weighted by molar-refractivity contribution is 5.96. The molecule has 0 aliphatic carbocycles. The van der Waals surface area contributed by atoms with Gasteiger partial charge in [0.15, 0.2) is 5.65 Å². The van der Waals surface area contributed by atoms with E-state index in [9.17, 15) is 9.90 Å². The van der Waals surface area contributed by atoms with Crippen LogP contribution in [0.3, 0.4) is 0 Å². The number of pyridine rings is 1. The van der Waals surface area contributed by atoms with Gasteiger partial charge in [-0.2, -0.15) is 0 Å². The number of aliphatic hydroxyl groups excluding tert-OH is 1.